The zero-order valence-corrected chi connectivity index (χ0v) is 14.7. The van der Waals surface area contributed by atoms with Crippen LogP contribution in [0.5, 0.6) is 0 Å². The van der Waals surface area contributed by atoms with Gasteiger partial charge in [0.15, 0.2) is 0 Å². The average Bonchev–Trinajstić information content (AvgIpc) is 2.85. The van der Waals surface area contributed by atoms with E-state index in [1.807, 2.05) is 0 Å². The number of aryl methyl sites for hydroxylation is 1. The van der Waals surface area contributed by atoms with Crippen LogP contribution < -0.4 is 5.32 Å². The second-order valence-corrected chi connectivity index (χ2v) is 8.08. The highest BCUT2D eigenvalue weighted by molar-refractivity contribution is 14.1. The molecule has 3 rings (SSSR count). The van der Waals surface area contributed by atoms with Crippen LogP contribution in [0.3, 0.4) is 0 Å². The molecule has 1 N–H and O–H groups in total. The van der Waals surface area contributed by atoms with E-state index in [0.29, 0.717) is 6.04 Å². The number of halogens is 3. The second-order valence-electron chi connectivity index (χ2n) is 4.29. The van der Waals surface area contributed by atoms with Gasteiger partial charge in [-0.2, -0.15) is 0 Å². The molecule has 18 heavy (non-hydrogen) atoms. The molecule has 0 fully saturated rings. The Morgan fingerprint density at radius 1 is 1.39 bits per heavy atom. The predicted octanol–water partition coefficient (Wildman–Crippen LogP) is 5.87. The third kappa shape index (κ3) is 2.57. The van der Waals surface area contributed by atoms with Crippen molar-refractivity contribution in [2.24, 2.45) is 0 Å². The minimum Gasteiger partial charge on any atom is -0.378 e. The Kier molecular flexibility index (Phi) is 3.90. The van der Waals surface area contributed by atoms with E-state index in [-0.39, 0.29) is 0 Å². The van der Waals surface area contributed by atoms with Gasteiger partial charge in [0.2, 0.25) is 0 Å². The highest BCUT2D eigenvalue weighted by atomic mass is 127. The summed E-state index contributed by atoms with van der Waals surface area (Å²) in [4.78, 5) is 1.43. The van der Waals surface area contributed by atoms with E-state index in [1.165, 1.54) is 14.0 Å². The van der Waals surface area contributed by atoms with Crippen LogP contribution in [0.1, 0.15) is 22.9 Å². The Morgan fingerprint density at radius 3 is 3.00 bits per heavy atom. The Labute approximate surface area is 137 Å². The van der Waals surface area contributed by atoms with Crippen molar-refractivity contribution in [3.05, 3.63) is 47.1 Å². The van der Waals surface area contributed by atoms with Crippen LogP contribution in [0.25, 0.3) is 0 Å². The van der Waals surface area contributed by atoms with E-state index < -0.39 is 0 Å². The summed E-state index contributed by atoms with van der Waals surface area (Å²) in [6.07, 6.45) is 2.29. The molecule has 5 heteroatoms. The number of thiophene rings is 1. The summed E-state index contributed by atoms with van der Waals surface area (Å²) in [6.45, 7) is 0. The van der Waals surface area contributed by atoms with Crippen molar-refractivity contribution < 1.29 is 0 Å². The minimum absolute atomic E-state index is 0.399. The lowest BCUT2D eigenvalue weighted by Crippen LogP contribution is -2.06. The normalized spacial score (nSPS) is 17.8. The van der Waals surface area contributed by atoms with Gasteiger partial charge >= 0.3 is 0 Å². The fourth-order valence-electron chi connectivity index (χ4n) is 2.27. The maximum absolute atomic E-state index is 6.07. The molecular formula is C13H10BrClINS. The van der Waals surface area contributed by atoms with Crippen molar-refractivity contribution >= 4 is 67.1 Å². The maximum Gasteiger partial charge on any atom is 0.0934 e. The molecule has 0 saturated heterocycles. The first kappa shape index (κ1) is 13.2. The van der Waals surface area contributed by atoms with Crippen molar-refractivity contribution in [3.63, 3.8) is 0 Å². The fraction of sp³-hybridized carbons (Fsp3) is 0.231. The molecule has 1 aliphatic rings. The zero-order chi connectivity index (χ0) is 12.7. The number of fused-ring (bicyclic) bond motifs is 1. The van der Waals surface area contributed by atoms with Crippen LogP contribution in [-0.2, 0) is 6.42 Å². The van der Waals surface area contributed by atoms with E-state index >= 15 is 0 Å². The number of rotatable bonds is 2. The molecule has 0 radical (unpaired) electrons. The summed E-state index contributed by atoms with van der Waals surface area (Å²) < 4.78 is 3.26. The Balaban J connectivity index is 1.83. The molecule has 1 heterocycles. The molecule has 2 aromatic rings. The summed E-state index contributed by atoms with van der Waals surface area (Å²) in [5.41, 5.74) is 2.53. The Bertz CT molecular complexity index is 599. The van der Waals surface area contributed by atoms with Crippen LogP contribution in [-0.4, -0.2) is 0 Å². The fourth-order valence-corrected chi connectivity index (χ4v) is 4.34. The van der Waals surface area contributed by atoms with Gasteiger partial charge in [0.05, 0.1) is 10.4 Å². The first-order valence-corrected chi connectivity index (χ1v) is 8.70. The van der Waals surface area contributed by atoms with Gasteiger partial charge in [0.25, 0.3) is 0 Å². The number of hydrogen-bond acceptors (Lipinski definition) is 2. The van der Waals surface area contributed by atoms with Crippen LogP contribution >= 0.6 is 61.5 Å². The number of benzene rings is 1. The van der Waals surface area contributed by atoms with Gasteiger partial charge in [0, 0.05) is 18.6 Å². The summed E-state index contributed by atoms with van der Waals surface area (Å²) in [7, 11) is 0. The topological polar surface area (TPSA) is 12.0 Å². The smallest absolute Gasteiger partial charge is 0.0934 e. The summed E-state index contributed by atoms with van der Waals surface area (Å²) in [5, 5.41) is 3.59. The molecule has 94 valence electrons. The second kappa shape index (κ2) is 5.31. The third-order valence-corrected chi connectivity index (χ3v) is 6.79. The van der Waals surface area contributed by atoms with E-state index in [0.717, 1.165) is 27.3 Å². The summed E-state index contributed by atoms with van der Waals surface area (Å²) in [5.74, 6) is 0. The van der Waals surface area contributed by atoms with Gasteiger partial charge in [-0.05, 0) is 81.2 Å². The van der Waals surface area contributed by atoms with Gasteiger partial charge in [-0.15, -0.1) is 11.3 Å². The summed E-state index contributed by atoms with van der Waals surface area (Å²) in [6, 6.07) is 8.87. The first-order valence-electron chi connectivity index (χ1n) is 5.63. The van der Waals surface area contributed by atoms with Gasteiger partial charge < -0.3 is 5.32 Å². The van der Waals surface area contributed by atoms with Gasteiger partial charge in [-0.3, -0.25) is 0 Å². The molecule has 0 amide bonds. The molecule has 0 aliphatic heterocycles. The molecule has 1 nitrogen and oxygen atoms in total. The van der Waals surface area contributed by atoms with Crippen molar-refractivity contribution in [2.45, 2.75) is 18.9 Å². The molecule has 1 unspecified atom stereocenters. The standard InChI is InChI=1S/C13H10BrClINS/c14-9-5-7(1-2-10(9)16)17-11-3-4-12-8(11)6-13(15)18-12/h1-2,5-6,11,17H,3-4H2. The number of hydrogen-bond donors (Lipinski definition) is 1. The predicted molar refractivity (Wildman–Crippen MR) is 90.9 cm³/mol. The lowest BCUT2D eigenvalue weighted by molar-refractivity contribution is 0.762. The number of anilines is 1. The quantitative estimate of drug-likeness (QED) is 0.560. The molecule has 1 aromatic heterocycles. The van der Waals surface area contributed by atoms with E-state index in [2.05, 4.69) is 68.1 Å². The molecule has 1 atom stereocenters. The molecular weight excluding hydrogens is 444 g/mol. The van der Waals surface area contributed by atoms with E-state index in [9.17, 15) is 0 Å². The SMILES string of the molecule is Clc1cc2c(s1)CCC2Nc1ccc(I)c(Br)c1. The Hall–Kier alpha value is 0.220. The van der Waals surface area contributed by atoms with Crippen molar-refractivity contribution in [3.8, 4) is 0 Å². The largest absolute Gasteiger partial charge is 0.378 e. The molecule has 0 spiro atoms. The lowest BCUT2D eigenvalue weighted by Gasteiger charge is -2.15. The van der Waals surface area contributed by atoms with Gasteiger partial charge in [0.1, 0.15) is 0 Å². The highest BCUT2D eigenvalue weighted by Crippen LogP contribution is 2.41. The first-order chi connectivity index (χ1) is 8.63. The van der Waals surface area contributed by atoms with Crippen molar-refractivity contribution in [2.75, 3.05) is 5.32 Å². The molecule has 1 aliphatic carbocycles. The van der Waals surface area contributed by atoms with Gasteiger partial charge in [-0.25, -0.2) is 0 Å². The average molecular weight is 455 g/mol. The van der Waals surface area contributed by atoms with Crippen LogP contribution in [0, 0.1) is 3.57 Å². The van der Waals surface area contributed by atoms with E-state index in [1.54, 1.807) is 11.3 Å². The van der Waals surface area contributed by atoms with E-state index in [4.69, 9.17) is 11.6 Å². The van der Waals surface area contributed by atoms with Gasteiger partial charge in [-0.1, -0.05) is 11.6 Å². The van der Waals surface area contributed by atoms with Crippen LogP contribution in [0.2, 0.25) is 4.34 Å². The molecule has 1 aromatic carbocycles. The van der Waals surface area contributed by atoms with Crippen LogP contribution in [0.4, 0.5) is 5.69 Å². The molecule has 0 bridgehead atoms. The maximum atomic E-state index is 6.07. The Morgan fingerprint density at radius 2 is 2.22 bits per heavy atom. The minimum atomic E-state index is 0.399. The number of nitrogens with one attached hydrogen (secondary N) is 1. The lowest BCUT2D eigenvalue weighted by atomic mass is 10.1. The van der Waals surface area contributed by atoms with Crippen molar-refractivity contribution in [1.29, 1.82) is 0 Å². The van der Waals surface area contributed by atoms with Crippen molar-refractivity contribution in [1.82, 2.24) is 0 Å². The summed E-state index contributed by atoms with van der Waals surface area (Å²) >= 11 is 13.7. The third-order valence-electron chi connectivity index (χ3n) is 3.11. The zero-order valence-electron chi connectivity index (χ0n) is 9.34. The van der Waals surface area contributed by atoms with Crippen LogP contribution in [0.15, 0.2) is 28.7 Å². The molecule has 0 saturated carbocycles. The highest BCUT2D eigenvalue weighted by Gasteiger charge is 2.24. The monoisotopic (exact) mass is 453 g/mol.